The van der Waals surface area contributed by atoms with Crippen LogP contribution in [0.15, 0.2) is 35.2 Å². The lowest BCUT2D eigenvalue weighted by atomic mass is 10.2. The molecule has 1 heterocycles. The van der Waals surface area contributed by atoms with Gasteiger partial charge < -0.3 is 4.74 Å². The van der Waals surface area contributed by atoms with Crippen LogP contribution in [0.1, 0.15) is 16.1 Å². The first-order chi connectivity index (χ1) is 7.79. The second-order valence-corrected chi connectivity index (χ2v) is 4.16. The first kappa shape index (κ1) is 10.8. The largest absolute Gasteiger partial charge is 0.483 e. The van der Waals surface area contributed by atoms with Crippen molar-refractivity contribution < 1.29 is 14.1 Å². The number of hydrogen-bond acceptors (Lipinski definition) is 3. The van der Waals surface area contributed by atoms with E-state index in [1.807, 2.05) is 17.1 Å². The number of benzene rings is 1. The van der Waals surface area contributed by atoms with Gasteiger partial charge in [-0.3, -0.25) is 4.79 Å². The lowest BCUT2D eigenvalue weighted by Crippen LogP contribution is -2.30. The van der Waals surface area contributed by atoms with Crippen LogP contribution < -0.4 is 9.30 Å². The van der Waals surface area contributed by atoms with E-state index in [0.29, 0.717) is 12.2 Å². The monoisotopic (exact) mass is 234 g/mol. The van der Waals surface area contributed by atoms with Gasteiger partial charge in [0.25, 0.3) is 0 Å². The van der Waals surface area contributed by atoms with Crippen molar-refractivity contribution >= 4 is 17.6 Å². The Kier molecular flexibility index (Phi) is 3.31. The maximum Gasteiger partial charge on any atom is 0.229 e. The van der Waals surface area contributed by atoms with E-state index < -0.39 is 0 Å². The highest BCUT2D eigenvalue weighted by Crippen LogP contribution is 2.12. The Bertz CT molecular complexity index is 476. The van der Waals surface area contributed by atoms with Crippen LogP contribution in [-0.2, 0) is 13.7 Å². The maximum atomic E-state index is 10.5. The third kappa shape index (κ3) is 2.46. The molecular formula is C12H12NO2S+. The standard InChI is InChI=1S/C12H12NO2S/c1-13-9-16-8-11(13)7-15-12-4-2-10(6-14)3-5-12/h2-6,8-9H,7H2,1H3/q+1. The van der Waals surface area contributed by atoms with Crippen molar-refractivity contribution in [1.29, 1.82) is 0 Å². The SMILES string of the molecule is C[n+]1cscc1COc1ccc(C=O)cc1. The van der Waals surface area contributed by atoms with E-state index in [-0.39, 0.29) is 0 Å². The van der Waals surface area contributed by atoms with E-state index in [9.17, 15) is 4.79 Å². The number of carbonyl (C=O) groups excluding carboxylic acids is 1. The zero-order valence-corrected chi connectivity index (χ0v) is 9.74. The zero-order valence-electron chi connectivity index (χ0n) is 8.92. The van der Waals surface area contributed by atoms with Crippen molar-refractivity contribution in [3.05, 3.63) is 46.4 Å². The van der Waals surface area contributed by atoms with Gasteiger partial charge in [-0.2, -0.15) is 4.57 Å². The first-order valence-electron chi connectivity index (χ1n) is 4.88. The molecule has 16 heavy (non-hydrogen) atoms. The summed E-state index contributed by atoms with van der Waals surface area (Å²) >= 11 is 1.64. The second-order valence-electron chi connectivity index (χ2n) is 3.44. The summed E-state index contributed by atoms with van der Waals surface area (Å²) in [6.45, 7) is 0.542. The summed E-state index contributed by atoms with van der Waals surface area (Å²) in [6.07, 6.45) is 0.822. The number of aromatic nitrogens is 1. The van der Waals surface area contributed by atoms with Crippen LogP contribution >= 0.6 is 11.3 Å². The number of rotatable bonds is 4. The number of carbonyl (C=O) groups is 1. The van der Waals surface area contributed by atoms with Gasteiger partial charge in [0.2, 0.25) is 11.2 Å². The average molecular weight is 234 g/mol. The van der Waals surface area contributed by atoms with E-state index in [1.165, 1.54) is 0 Å². The molecule has 0 aliphatic carbocycles. The van der Waals surface area contributed by atoms with Gasteiger partial charge in [-0.25, -0.2) is 0 Å². The predicted octanol–water partition coefficient (Wildman–Crippen LogP) is 1.96. The molecule has 0 aliphatic heterocycles. The summed E-state index contributed by atoms with van der Waals surface area (Å²) in [7, 11) is 1.99. The van der Waals surface area contributed by atoms with E-state index in [1.54, 1.807) is 35.6 Å². The van der Waals surface area contributed by atoms with Crippen LogP contribution in [0.4, 0.5) is 0 Å². The predicted molar refractivity (Wildman–Crippen MR) is 61.7 cm³/mol. The molecule has 0 N–H and O–H groups in total. The third-order valence-electron chi connectivity index (χ3n) is 2.28. The fraction of sp³-hybridized carbons (Fsp3) is 0.167. The van der Waals surface area contributed by atoms with Crippen LogP contribution in [0.3, 0.4) is 0 Å². The Hall–Kier alpha value is -1.68. The van der Waals surface area contributed by atoms with Crippen molar-refractivity contribution in [2.75, 3.05) is 0 Å². The van der Waals surface area contributed by atoms with Crippen LogP contribution in [0, 0.1) is 0 Å². The smallest absolute Gasteiger partial charge is 0.229 e. The van der Waals surface area contributed by atoms with Gasteiger partial charge in [-0.1, -0.05) is 11.3 Å². The number of aryl methyl sites for hydroxylation is 1. The number of hydrogen-bond donors (Lipinski definition) is 0. The quantitative estimate of drug-likeness (QED) is 0.598. The summed E-state index contributed by atoms with van der Waals surface area (Å²) < 4.78 is 7.63. The van der Waals surface area contributed by atoms with Crippen LogP contribution in [-0.4, -0.2) is 6.29 Å². The molecular weight excluding hydrogens is 222 g/mol. The van der Waals surface area contributed by atoms with Gasteiger partial charge in [0, 0.05) is 5.56 Å². The molecule has 0 bridgehead atoms. The molecule has 0 amide bonds. The summed E-state index contributed by atoms with van der Waals surface area (Å²) in [5, 5.41) is 2.06. The van der Waals surface area contributed by atoms with Crippen molar-refractivity contribution in [2.24, 2.45) is 7.05 Å². The Morgan fingerprint density at radius 2 is 2.12 bits per heavy atom. The topological polar surface area (TPSA) is 30.2 Å². The minimum atomic E-state index is 0.542. The van der Waals surface area contributed by atoms with Crippen LogP contribution in [0.5, 0.6) is 5.75 Å². The Morgan fingerprint density at radius 3 is 2.69 bits per heavy atom. The molecule has 0 atom stereocenters. The molecule has 82 valence electrons. The maximum absolute atomic E-state index is 10.5. The van der Waals surface area contributed by atoms with Crippen molar-refractivity contribution in [2.45, 2.75) is 6.61 Å². The highest BCUT2D eigenvalue weighted by molar-refractivity contribution is 7.07. The number of nitrogens with zero attached hydrogens (tertiary/aromatic N) is 1. The molecule has 0 radical (unpaired) electrons. The lowest BCUT2D eigenvalue weighted by Gasteiger charge is -2.02. The zero-order chi connectivity index (χ0) is 11.4. The van der Waals surface area contributed by atoms with Gasteiger partial charge >= 0.3 is 0 Å². The fourth-order valence-corrected chi connectivity index (χ4v) is 2.06. The highest BCUT2D eigenvalue weighted by Gasteiger charge is 2.07. The lowest BCUT2D eigenvalue weighted by molar-refractivity contribution is -0.675. The van der Waals surface area contributed by atoms with Crippen molar-refractivity contribution in [3.8, 4) is 5.75 Å². The normalized spacial score (nSPS) is 10.1. The molecule has 0 aliphatic rings. The van der Waals surface area contributed by atoms with E-state index in [4.69, 9.17) is 4.74 Å². The molecule has 0 saturated heterocycles. The average Bonchev–Trinajstić information content (AvgIpc) is 2.73. The van der Waals surface area contributed by atoms with Crippen molar-refractivity contribution in [1.82, 2.24) is 0 Å². The minimum Gasteiger partial charge on any atom is -0.483 e. The molecule has 0 spiro atoms. The fourth-order valence-electron chi connectivity index (χ4n) is 1.29. The Balaban J connectivity index is 1.99. The summed E-state index contributed by atoms with van der Waals surface area (Å²) in [6, 6.07) is 7.10. The summed E-state index contributed by atoms with van der Waals surface area (Å²) in [4.78, 5) is 10.5. The molecule has 0 saturated carbocycles. The van der Waals surface area contributed by atoms with Gasteiger partial charge in [0.05, 0.1) is 5.38 Å². The molecule has 2 rings (SSSR count). The number of thiazole rings is 1. The van der Waals surface area contributed by atoms with Crippen LogP contribution in [0.25, 0.3) is 0 Å². The first-order valence-corrected chi connectivity index (χ1v) is 5.82. The Labute approximate surface area is 97.9 Å². The van der Waals surface area contributed by atoms with E-state index >= 15 is 0 Å². The second kappa shape index (κ2) is 4.90. The third-order valence-corrected chi connectivity index (χ3v) is 3.13. The molecule has 2 aromatic rings. The van der Waals surface area contributed by atoms with Crippen molar-refractivity contribution in [3.63, 3.8) is 0 Å². The highest BCUT2D eigenvalue weighted by atomic mass is 32.1. The molecule has 0 fully saturated rings. The molecule has 0 unspecified atom stereocenters. The van der Waals surface area contributed by atoms with E-state index in [0.717, 1.165) is 17.7 Å². The van der Waals surface area contributed by atoms with Gasteiger partial charge in [0.15, 0.2) is 6.61 Å². The molecule has 3 nitrogen and oxygen atoms in total. The van der Waals surface area contributed by atoms with E-state index in [2.05, 4.69) is 5.38 Å². The summed E-state index contributed by atoms with van der Waals surface area (Å²) in [5.41, 5.74) is 3.81. The Morgan fingerprint density at radius 1 is 1.38 bits per heavy atom. The molecule has 1 aromatic carbocycles. The molecule has 4 heteroatoms. The minimum absolute atomic E-state index is 0.542. The van der Waals surface area contributed by atoms with Gasteiger partial charge in [-0.15, -0.1) is 0 Å². The van der Waals surface area contributed by atoms with Gasteiger partial charge in [-0.05, 0) is 24.3 Å². The van der Waals surface area contributed by atoms with Crippen LogP contribution in [0.2, 0.25) is 0 Å². The van der Waals surface area contributed by atoms with Gasteiger partial charge in [0.1, 0.15) is 19.1 Å². The molecule has 1 aromatic heterocycles. The number of aldehydes is 1. The number of ether oxygens (including phenoxy) is 1. The summed E-state index contributed by atoms with van der Waals surface area (Å²) in [5.74, 6) is 0.775.